The fraction of sp³-hybridized carbons (Fsp3) is 0.565. The summed E-state index contributed by atoms with van der Waals surface area (Å²) in [5, 5.41) is 3.13. The summed E-state index contributed by atoms with van der Waals surface area (Å²) in [6.07, 6.45) is 4.88. The van der Waals surface area contributed by atoms with E-state index in [9.17, 15) is 4.79 Å². The van der Waals surface area contributed by atoms with Crippen LogP contribution in [0.15, 0.2) is 24.4 Å². The molecule has 2 bridgehead atoms. The number of carbonyl (C=O) groups is 1. The van der Waals surface area contributed by atoms with Crippen LogP contribution in [-0.4, -0.2) is 52.2 Å². The number of pyridine rings is 1. The summed E-state index contributed by atoms with van der Waals surface area (Å²) in [6, 6.07) is 5.77. The third kappa shape index (κ3) is 3.25. The number of carbonyl (C=O) groups excluding carboxylic acids is 1. The Kier molecular flexibility index (Phi) is 4.73. The minimum atomic E-state index is -0.100. The molecular weight excluding hydrogens is 378 g/mol. The quantitative estimate of drug-likeness (QED) is 0.820. The number of aromatic nitrogens is 3. The maximum Gasteiger partial charge on any atom is 0.252 e. The van der Waals surface area contributed by atoms with E-state index in [1.165, 1.54) is 0 Å². The van der Waals surface area contributed by atoms with E-state index in [1.54, 1.807) is 6.20 Å². The Labute approximate surface area is 177 Å². The van der Waals surface area contributed by atoms with E-state index in [4.69, 9.17) is 9.72 Å². The molecule has 30 heavy (non-hydrogen) atoms. The largest absolute Gasteiger partial charge is 0.369 e. The Morgan fingerprint density at radius 1 is 1.30 bits per heavy atom. The standard InChI is InChI=1S/C23H29N5O2/c1-4-20-26-15(3)9-21(27-20)28-12-18-17(19-7-8-23(18,13-28)30-19)11-25-22(29)16-6-5-14(2)24-10-16/h5-6,9-10,17-19H,4,7-8,11-13H2,1-3H3,(H,25,29)/t17-,18+,19+,23+/m0/s1. The molecule has 3 aliphatic rings. The van der Waals surface area contributed by atoms with E-state index < -0.39 is 0 Å². The zero-order valence-electron chi connectivity index (χ0n) is 17.9. The molecule has 4 atom stereocenters. The molecule has 158 valence electrons. The highest BCUT2D eigenvalue weighted by Crippen LogP contribution is 2.55. The van der Waals surface area contributed by atoms with E-state index in [-0.39, 0.29) is 17.6 Å². The smallest absolute Gasteiger partial charge is 0.252 e. The molecule has 2 aromatic heterocycles. The Bertz CT molecular complexity index is 963. The van der Waals surface area contributed by atoms with Gasteiger partial charge in [-0.2, -0.15) is 0 Å². The highest BCUT2D eigenvalue weighted by molar-refractivity contribution is 5.93. The molecule has 1 spiro atoms. The summed E-state index contributed by atoms with van der Waals surface area (Å²) >= 11 is 0. The molecule has 3 aliphatic heterocycles. The minimum Gasteiger partial charge on any atom is -0.369 e. The van der Waals surface area contributed by atoms with Gasteiger partial charge in [-0.25, -0.2) is 9.97 Å². The van der Waals surface area contributed by atoms with Crippen molar-refractivity contribution in [2.24, 2.45) is 11.8 Å². The van der Waals surface area contributed by atoms with Crippen LogP contribution in [0.4, 0.5) is 5.82 Å². The predicted octanol–water partition coefficient (Wildman–Crippen LogP) is 2.46. The molecule has 2 aromatic rings. The molecule has 3 fully saturated rings. The van der Waals surface area contributed by atoms with Crippen molar-refractivity contribution in [2.45, 2.75) is 51.7 Å². The molecule has 0 aromatic carbocycles. The fourth-order valence-corrected chi connectivity index (χ4v) is 5.49. The molecule has 0 aliphatic carbocycles. The van der Waals surface area contributed by atoms with Crippen LogP contribution >= 0.6 is 0 Å². The lowest BCUT2D eigenvalue weighted by atomic mass is 9.73. The Morgan fingerprint density at radius 3 is 2.93 bits per heavy atom. The molecule has 5 heterocycles. The number of anilines is 1. The second kappa shape index (κ2) is 7.30. The van der Waals surface area contributed by atoms with Crippen molar-refractivity contribution in [1.82, 2.24) is 20.3 Å². The minimum absolute atomic E-state index is 0.0619. The number of amides is 1. The van der Waals surface area contributed by atoms with E-state index in [0.29, 0.717) is 23.9 Å². The van der Waals surface area contributed by atoms with Gasteiger partial charge in [-0.05, 0) is 38.8 Å². The van der Waals surface area contributed by atoms with Crippen LogP contribution in [0.3, 0.4) is 0 Å². The zero-order chi connectivity index (χ0) is 20.9. The van der Waals surface area contributed by atoms with Gasteiger partial charge in [0.05, 0.1) is 17.3 Å². The summed E-state index contributed by atoms with van der Waals surface area (Å²) < 4.78 is 6.54. The maximum absolute atomic E-state index is 12.6. The summed E-state index contributed by atoms with van der Waals surface area (Å²) in [4.78, 5) is 28.5. The van der Waals surface area contributed by atoms with Crippen molar-refractivity contribution in [2.75, 3.05) is 24.5 Å². The SMILES string of the molecule is CCc1nc(C)cc(N2C[C@@H]3[C@H](CNC(=O)c4ccc(C)nc4)[C@H]4CC[C@]3(C2)O4)n1. The van der Waals surface area contributed by atoms with E-state index >= 15 is 0 Å². The van der Waals surface area contributed by atoms with Crippen molar-refractivity contribution >= 4 is 11.7 Å². The molecule has 3 saturated heterocycles. The molecular formula is C23H29N5O2. The van der Waals surface area contributed by atoms with Gasteiger partial charge in [-0.15, -0.1) is 0 Å². The first-order valence-electron chi connectivity index (χ1n) is 11.0. The van der Waals surface area contributed by atoms with Crippen LogP contribution in [0.25, 0.3) is 0 Å². The highest BCUT2D eigenvalue weighted by atomic mass is 16.5. The van der Waals surface area contributed by atoms with Gasteiger partial charge in [0.2, 0.25) is 0 Å². The van der Waals surface area contributed by atoms with Crippen molar-refractivity contribution in [3.63, 3.8) is 0 Å². The van der Waals surface area contributed by atoms with Crippen LogP contribution in [0.2, 0.25) is 0 Å². The number of nitrogens with one attached hydrogen (secondary N) is 1. The normalized spacial score (nSPS) is 29.3. The van der Waals surface area contributed by atoms with Crippen LogP contribution in [0.5, 0.6) is 0 Å². The third-order valence-corrected chi connectivity index (χ3v) is 6.98. The van der Waals surface area contributed by atoms with Gasteiger partial charge >= 0.3 is 0 Å². The second-order valence-electron chi connectivity index (χ2n) is 8.95. The third-order valence-electron chi connectivity index (χ3n) is 6.98. The van der Waals surface area contributed by atoms with Crippen LogP contribution in [-0.2, 0) is 11.2 Å². The Balaban J connectivity index is 1.30. The number of fused-ring (bicyclic) bond motifs is 1. The zero-order valence-corrected chi connectivity index (χ0v) is 17.9. The van der Waals surface area contributed by atoms with Crippen LogP contribution in [0, 0.1) is 25.7 Å². The second-order valence-corrected chi connectivity index (χ2v) is 8.95. The van der Waals surface area contributed by atoms with Gasteiger partial charge in [0, 0.05) is 61.5 Å². The fourth-order valence-electron chi connectivity index (χ4n) is 5.49. The molecule has 1 amide bonds. The molecule has 7 nitrogen and oxygen atoms in total. The van der Waals surface area contributed by atoms with Crippen molar-refractivity contribution in [3.05, 3.63) is 47.2 Å². The lowest BCUT2D eigenvalue weighted by Gasteiger charge is -2.29. The molecule has 7 heteroatoms. The average Bonchev–Trinajstić information content (AvgIpc) is 3.40. The van der Waals surface area contributed by atoms with E-state index in [2.05, 4.69) is 33.2 Å². The first-order chi connectivity index (χ1) is 14.5. The molecule has 0 unspecified atom stereocenters. The monoisotopic (exact) mass is 407 g/mol. The van der Waals surface area contributed by atoms with Crippen LogP contribution in [0.1, 0.15) is 47.3 Å². The predicted molar refractivity (Wildman–Crippen MR) is 113 cm³/mol. The lowest BCUT2D eigenvalue weighted by molar-refractivity contribution is 0.0141. The van der Waals surface area contributed by atoms with E-state index in [0.717, 1.165) is 55.4 Å². The van der Waals surface area contributed by atoms with Gasteiger partial charge < -0.3 is 15.0 Å². The summed E-state index contributed by atoms with van der Waals surface area (Å²) in [7, 11) is 0. The van der Waals surface area contributed by atoms with Gasteiger partial charge in [-0.1, -0.05) is 6.92 Å². The summed E-state index contributed by atoms with van der Waals surface area (Å²) in [6.45, 7) is 8.47. The topological polar surface area (TPSA) is 80.2 Å². The van der Waals surface area contributed by atoms with Gasteiger partial charge in [0.25, 0.3) is 5.91 Å². The number of ether oxygens (including phenoxy) is 1. The average molecular weight is 408 g/mol. The highest BCUT2D eigenvalue weighted by Gasteiger charge is 2.63. The number of nitrogens with zero attached hydrogens (tertiary/aromatic N) is 4. The maximum atomic E-state index is 12.6. The number of hydrogen-bond donors (Lipinski definition) is 1. The van der Waals surface area contributed by atoms with Crippen molar-refractivity contribution in [1.29, 1.82) is 0 Å². The van der Waals surface area contributed by atoms with Gasteiger partial charge in [-0.3, -0.25) is 9.78 Å². The first-order valence-corrected chi connectivity index (χ1v) is 11.0. The van der Waals surface area contributed by atoms with Crippen molar-refractivity contribution in [3.8, 4) is 0 Å². The number of aryl methyl sites for hydroxylation is 3. The lowest BCUT2D eigenvalue weighted by Crippen LogP contribution is -2.41. The van der Waals surface area contributed by atoms with Gasteiger partial charge in [0.15, 0.2) is 0 Å². The molecule has 0 radical (unpaired) electrons. The first kappa shape index (κ1) is 19.4. The Hall–Kier alpha value is -2.54. The summed E-state index contributed by atoms with van der Waals surface area (Å²) in [5.41, 5.74) is 2.42. The van der Waals surface area contributed by atoms with Crippen LogP contribution < -0.4 is 10.2 Å². The summed E-state index contributed by atoms with van der Waals surface area (Å²) in [5.74, 6) is 2.57. The molecule has 1 N–H and O–H groups in total. The van der Waals surface area contributed by atoms with Gasteiger partial charge in [0.1, 0.15) is 11.6 Å². The molecule has 0 saturated carbocycles. The number of rotatable bonds is 5. The number of hydrogen-bond acceptors (Lipinski definition) is 6. The van der Waals surface area contributed by atoms with E-state index in [1.807, 2.05) is 26.0 Å². The molecule has 5 rings (SSSR count). The van der Waals surface area contributed by atoms with Crippen molar-refractivity contribution < 1.29 is 9.53 Å². The Morgan fingerprint density at radius 2 is 2.17 bits per heavy atom.